The van der Waals surface area contributed by atoms with Crippen LogP contribution in [-0.2, 0) is 11.3 Å². The minimum atomic E-state index is -0.562. The van der Waals surface area contributed by atoms with Crippen molar-refractivity contribution >= 4 is 28.9 Å². The van der Waals surface area contributed by atoms with Crippen LogP contribution in [0.3, 0.4) is 0 Å². The van der Waals surface area contributed by atoms with Gasteiger partial charge >= 0.3 is 5.76 Å². The third-order valence-electron chi connectivity index (χ3n) is 7.18. The largest absolute Gasteiger partial charge is 0.439 e. The smallest absolute Gasteiger partial charge is 0.373 e. The lowest BCUT2D eigenvalue weighted by Crippen LogP contribution is -2.43. The fraction of sp³-hybridized carbons (Fsp3) is 0.370. The summed E-state index contributed by atoms with van der Waals surface area (Å²) in [4.78, 5) is 16.2. The van der Waals surface area contributed by atoms with Gasteiger partial charge in [-0.3, -0.25) is 9.51 Å². The van der Waals surface area contributed by atoms with Gasteiger partial charge in [0.25, 0.3) is 0 Å². The van der Waals surface area contributed by atoms with E-state index in [0.717, 1.165) is 54.9 Å². The van der Waals surface area contributed by atoms with Crippen LogP contribution in [0.15, 0.2) is 56.3 Å². The van der Waals surface area contributed by atoms with Crippen LogP contribution >= 0.6 is 23.2 Å². The Morgan fingerprint density at radius 1 is 1.05 bits per heavy atom. The zero-order chi connectivity index (χ0) is 25.5. The highest BCUT2D eigenvalue weighted by atomic mass is 35.5. The number of hydrogen-bond donors (Lipinski definition) is 1. The molecule has 10 heteroatoms. The molecule has 192 valence electrons. The van der Waals surface area contributed by atoms with Gasteiger partial charge in [0.15, 0.2) is 5.82 Å². The highest BCUT2D eigenvalue weighted by Gasteiger charge is 2.35. The summed E-state index contributed by atoms with van der Waals surface area (Å²) in [6, 6.07) is 13.4. The van der Waals surface area contributed by atoms with Crippen molar-refractivity contribution in [3.8, 4) is 22.6 Å². The molecule has 0 bridgehead atoms. The number of nitrogens with one attached hydrogen (secondary N) is 1. The van der Waals surface area contributed by atoms with Gasteiger partial charge in [-0.15, -0.1) is 0 Å². The minimum Gasteiger partial charge on any atom is -0.373 e. The van der Waals surface area contributed by atoms with Gasteiger partial charge in [0.2, 0.25) is 0 Å². The Morgan fingerprint density at radius 2 is 1.81 bits per heavy atom. The average Bonchev–Trinajstić information content (AvgIpc) is 3.51. The zero-order valence-corrected chi connectivity index (χ0v) is 21.8. The van der Waals surface area contributed by atoms with Crippen LogP contribution in [0.2, 0.25) is 10.0 Å². The number of piperidine rings is 1. The van der Waals surface area contributed by atoms with Gasteiger partial charge in [-0.05, 0) is 61.6 Å². The summed E-state index contributed by atoms with van der Waals surface area (Å²) < 4.78 is 16.9. The number of rotatable bonds is 7. The fourth-order valence-electron chi connectivity index (χ4n) is 5.03. The molecule has 1 saturated heterocycles. The first-order valence-corrected chi connectivity index (χ1v) is 13.2. The molecule has 1 aliphatic heterocycles. The molecule has 4 aromatic rings. The van der Waals surface area contributed by atoms with Crippen LogP contribution in [0.25, 0.3) is 22.6 Å². The third-order valence-corrected chi connectivity index (χ3v) is 7.81. The lowest BCUT2D eigenvalue weighted by atomic mass is 9.95. The van der Waals surface area contributed by atoms with E-state index in [4.69, 9.17) is 32.5 Å². The SMILES string of the molecule is C[C@H]1CN(c2ccc(-c3noc(=O)[nH]3)cc2)CCC1OCc1c(-c2c(Cl)cccc2Cl)noc1C1CC1. The highest BCUT2D eigenvalue weighted by molar-refractivity contribution is 6.39. The molecule has 3 heterocycles. The van der Waals surface area contributed by atoms with Crippen molar-refractivity contribution in [2.24, 2.45) is 5.92 Å². The molecule has 2 aromatic carbocycles. The number of hydrogen-bond acceptors (Lipinski definition) is 7. The number of nitrogens with zero attached hydrogens (tertiary/aromatic N) is 3. The Labute approximate surface area is 223 Å². The van der Waals surface area contributed by atoms with Crippen molar-refractivity contribution < 1.29 is 13.8 Å². The van der Waals surface area contributed by atoms with Gasteiger partial charge in [0.05, 0.1) is 22.8 Å². The van der Waals surface area contributed by atoms with Crippen molar-refractivity contribution in [2.75, 3.05) is 18.0 Å². The van der Waals surface area contributed by atoms with Crippen molar-refractivity contribution in [1.82, 2.24) is 15.3 Å². The maximum Gasteiger partial charge on any atom is 0.439 e. The van der Waals surface area contributed by atoms with Gasteiger partial charge in [0, 0.05) is 41.4 Å². The summed E-state index contributed by atoms with van der Waals surface area (Å²) in [6.45, 7) is 4.36. The van der Waals surface area contributed by atoms with E-state index in [2.05, 4.69) is 31.6 Å². The second-order valence-electron chi connectivity index (χ2n) is 9.80. The fourth-order valence-corrected chi connectivity index (χ4v) is 5.61. The van der Waals surface area contributed by atoms with E-state index < -0.39 is 5.76 Å². The predicted molar refractivity (Wildman–Crippen MR) is 141 cm³/mol. The van der Waals surface area contributed by atoms with E-state index in [0.29, 0.717) is 45.6 Å². The van der Waals surface area contributed by atoms with Crippen molar-refractivity contribution in [3.05, 3.63) is 74.4 Å². The summed E-state index contributed by atoms with van der Waals surface area (Å²) in [5.74, 6) is 1.46. The highest BCUT2D eigenvalue weighted by Crippen LogP contribution is 2.46. The first-order chi connectivity index (χ1) is 18.0. The first kappa shape index (κ1) is 24.3. The summed E-state index contributed by atoms with van der Waals surface area (Å²) >= 11 is 13.0. The number of aromatic nitrogens is 3. The average molecular weight is 541 g/mol. The Kier molecular flexibility index (Phi) is 6.56. The molecular formula is C27H26Cl2N4O4. The Bertz CT molecular complexity index is 1440. The van der Waals surface area contributed by atoms with Crippen LogP contribution in [0.5, 0.6) is 0 Å². The molecule has 1 N–H and O–H groups in total. The maximum absolute atomic E-state index is 11.2. The van der Waals surface area contributed by atoms with Crippen molar-refractivity contribution in [2.45, 2.75) is 44.8 Å². The van der Waals surface area contributed by atoms with E-state index >= 15 is 0 Å². The molecule has 0 radical (unpaired) electrons. The second-order valence-corrected chi connectivity index (χ2v) is 10.6. The number of aromatic amines is 1. The van der Waals surface area contributed by atoms with Gasteiger partial charge in [-0.1, -0.05) is 46.5 Å². The molecule has 0 spiro atoms. The zero-order valence-electron chi connectivity index (χ0n) is 20.2. The van der Waals surface area contributed by atoms with E-state index in [1.807, 2.05) is 42.5 Å². The standard InChI is InChI=1S/C27H26Cl2N4O4/c1-15-13-33(18-9-7-17(8-10-18)26-30-27(34)37-32-26)12-11-22(15)35-14-19-24(31-36-25(19)16-5-6-16)23-20(28)3-2-4-21(23)29/h2-4,7-10,15-16,22H,5-6,11-14H2,1H3,(H,30,32,34)/t15-,22?/m0/s1. The van der Waals surface area contributed by atoms with E-state index in [-0.39, 0.29) is 6.10 Å². The normalized spacial score (nSPS) is 19.9. The van der Waals surface area contributed by atoms with Crippen molar-refractivity contribution in [1.29, 1.82) is 0 Å². The summed E-state index contributed by atoms with van der Waals surface area (Å²) in [6.07, 6.45) is 3.19. The summed E-state index contributed by atoms with van der Waals surface area (Å²) in [5.41, 5.74) is 4.24. The van der Waals surface area contributed by atoms with Gasteiger partial charge < -0.3 is 14.2 Å². The molecule has 0 amide bonds. The molecule has 2 aliphatic rings. The Balaban J connectivity index is 1.14. The van der Waals surface area contributed by atoms with E-state index in [1.165, 1.54) is 0 Å². The van der Waals surface area contributed by atoms with Crippen LogP contribution in [0.1, 0.15) is 43.4 Å². The predicted octanol–water partition coefficient (Wildman–Crippen LogP) is 6.30. The van der Waals surface area contributed by atoms with Crippen LogP contribution in [-0.4, -0.2) is 34.5 Å². The molecule has 1 aliphatic carbocycles. The molecular weight excluding hydrogens is 515 g/mol. The molecule has 37 heavy (non-hydrogen) atoms. The minimum absolute atomic E-state index is 0.104. The van der Waals surface area contributed by atoms with E-state index in [9.17, 15) is 4.79 Å². The topological polar surface area (TPSA) is 97.4 Å². The lowest BCUT2D eigenvalue weighted by molar-refractivity contribution is -0.00534. The van der Waals surface area contributed by atoms with Crippen LogP contribution < -0.4 is 10.7 Å². The van der Waals surface area contributed by atoms with Crippen LogP contribution in [0.4, 0.5) is 5.69 Å². The van der Waals surface area contributed by atoms with Crippen LogP contribution in [0, 0.1) is 5.92 Å². The number of benzene rings is 2. The summed E-state index contributed by atoms with van der Waals surface area (Å²) in [7, 11) is 0. The number of halogens is 2. The second kappa shape index (κ2) is 10.0. The van der Waals surface area contributed by atoms with Gasteiger partial charge in [-0.25, -0.2) is 4.79 Å². The number of anilines is 1. The molecule has 6 rings (SSSR count). The molecule has 2 atom stereocenters. The Hall–Kier alpha value is -3.07. The molecule has 2 fully saturated rings. The van der Waals surface area contributed by atoms with Crippen molar-refractivity contribution in [3.63, 3.8) is 0 Å². The maximum atomic E-state index is 11.2. The third kappa shape index (κ3) is 4.93. The number of ether oxygens (including phenoxy) is 1. The Morgan fingerprint density at radius 3 is 2.46 bits per heavy atom. The molecule has 2 aromatic heterocycles. The monoisotopic (exact) mass is 540 g/mol. The number of H-pyrrole nitrogens is 1. The molecule has 1 saturated carbocycles. The van der Waals surface area contributed by atoms with Gasteiger partial charge in [0.1, 0.15) is 11.5 Å². The molecule has 1 unspecified atom stereocenters. The van der Waals surface area contributed by atoms with E-state index in [1.54, 1.807) is 0 Å². The van der Waals surface area contributed by atoms with Gasteiger partial charge in [-0.2, -0.15) is 0 Å². The lowest BCUT2D eigenvalue weighted by Gasteiger charge is -2.38. The molecule has 8 nitrogen and oxygen atoms in total. The quantitative estimate of drug-likeness (QED) is 0.293. The summed E-state index contributed by atoms with van der Waals surface area (Å²) in [5, 5.41) is 9.22. The first-order valence-electron chi connectivity index (χ1n) is 12.4.